The molecule has 0 bridgehead atoms. The second-order valence-electron chi connectivity index (χ2n) is 9.63. The Balaban J connectivity index is 2.02. The Labute approximate surface area is 189 Å². The van der Waals surface area contributed by atoms with Crippen LogP contribution in [0.25, 0.3) is 0 Å². The minimum Gasteiger partial charge on any atom is -0.237 e. The lowest BCUT2D eigenvalue weighted by Gasteiger charge is -2.05. The first-order valence-electron chi connectivity index (χ1n) is 13.8. The molecule has 0 saturated carbocycles. The van der Waals surface area contributed by atoms with Crippen molar-refractivity contribution in [3.63, 3.8) is 0 Å². The number of unbranched alkanes of at least 4 members (excludes halogenated alkanes) is 18. The Morgan fingerprint density at radius 2 is 0.967 bits per heavy atom. The highest BCUT2D eigenvalue weighted by Crippen LogP contribution is 2.13. The molecule has 0 aromatic carbocycles. The van der Waals surface area contributed by atoms with Crippen LogP contribution in [0.4, 0.5) is 0 Å². The van der Waals surface area contributed by atoms with Crippen LogP contribution in [0.1, 0.15) is 148 Å². The van der Waals surface area contributed by atoms with E-state index in [4.69, 9.17) is 0 Å². The molecule has 0 spiro atoms. The van der Waals surface area contributed by atoms with Gasteiger partial charge in [0.15, 0.2) is 0 Å². The van der Waals surface area contributed by atoms with Gasteiger partial charge in [-0.25, -0.2) is 9.13 Å². The zero-order chi connectivity index (χ0) is 21.7. The van der Waals surface area contributed by atoms with Crippen molar-refractivity contribution in [2.24, 2.45) is 7.05 Å². The van der Waals surface area contributed by atoms with Crippen LogP contribution >= 0.6 is 0 Å². The first kappa shape index (κ1) is 27.2. The summed E-state index contributed by atoms with van der Waals surface area (Å²) in [5, 5.41) is 0. The molecule has 30 heavy (non-hydrogen) atoms. The van der Waals surface area contributed by atoms with Gasteiger partial charge in [-0.05, 0) is 19.3 Å². The molecule has 0 unspecified atom stereocenters. The lowest BCUT2D eigenvalue weighted by atomic mass is 10.1. The van der Waals surface area contributed by atoms with Crippen molar-refractivity contribution in [1.29, 1.82) is 0 Å². The summed E-state index contributed by atoms with van der Waals surface area (Å²) in [6.07, 6.45) is 34.2. The normalized spacial score (nSPS) is 11.4. The Kier molecular flexibility index (Phi) is 18.3. The number of aryl methyl sites for hydroxylation is 2. The van der Waals surface area contributed by atoms with E-state index >= 15 is 0 Å². The van der Waals surface area contributed by atoms with E-state index in [1.54, 1.807) is 0 Å². The van der Waals surface area contributed by atoms with E-state index in [0.29, 0.717) is 0 Å². The maximum atomic E-state index is 2.53. The largest absolute Gasteiger partial charge is 0.256 e. The van der Waals surface area contributed by atoms with Gasteiger partial charge in [-0.3, -0.25) is 0 Å². The number of nitrogens with zero attached hydrogens (tertiary/aromatic N) is 2. The topological polar surface area (TPSA) is 8.81 Å². The molecule has 0 N–H and O–H groups in total. The summed E-state index contributed by atoms with van der Waals surface area (Å²) in [7, 11) is 2.22. The zero-order valence-electron chi connectivity index (χ0n) is 21.1. The Hall–Kier alpha value is -0.790. The first-order valence-corrected chi connectivity index (χ1v) is 13.8. The zero-order valence-corrected chi connectivity index (χ0v) is 21.1. The third-order valence-electron chi connectivity index (χ3n) is 6.72. The summed E-state index contributed by atoms with van der Waals surface area (Å²) in [5.74, 6) is 1.53. The first-order chi connectivity index (χ1) is 14.8. The number of hydrogen-bond donors (Lipinski definition) is 0. The second-order valence-corrected chi connectivity index (χ2v) is 9.63. The lowest BCUT2D eigenvalue weighted by molar-refractivity contribution is -0.704. The molecule has 1 aromatic rings. The summed E-state index contributed by atoms with van der Waals surface area (Å²) in [5.41, 5.74) is 0. The molecular weight excluding hydrogens is 364 g/mol. The number of imidazole rings is 1. The van der Waals surface area contributed by atoms with E-state index in [1.807, 2.05) is 0 Å². The predicted octanol–water partition coefficient (Wildman–Crippen LogP) is 8.70. The molecule has 176 valence electrons. The van der Waals surface area contributed by atoms with Crippen LogP contribution in [0, 0.1) is 0 Å². The van der Waals surface area contributed by atoms with Gasteiger partial charge in [-0.15, -0.1) is 0 Å². The van der Waals surface area contributed by atoms with Crippen molar-refractivity contribution in [3.05, 3.63) is 18.2 Å². The van der Waals surface area contributed by atoms with Crippen molar-refractivity contribution >= 4 is 0 Å². The van der Waals surface area contributed by atoms with E-state index in [0.717, 1.165) is 0 Å². The second kappa shape index (κ2) is 20.1. The molecule has 0 fully saturated rings. The maximum absolute atomic E-state index is 2.53. The summed E-state index contributed by atoms with van der Waals surface area (Å²) < 4.78 is 4.88. The van der Waals surface area contributed by atoms with Crippen LogP contribution in [0.2, 0.25) is 0 Å². The van der Waals surface area contributed by atoms with Gasteiger partial charge >= 0.3 is 0 Å². The van der Waals surface area contributed by atoms with Crippen LogP contribution in [-0.2, 0) is 20.0 Å². The van der Waals surface area contributed by atoms with Crippen molar-refractivity contribution in [2.75, 3.05) is 0 Å². The van der Waals surface area contributed by atoms with Crippen LogP contribution < -0.4 is 4.57 Å². The molecule has 0 aliphatic carbocycles. The van der Waals surface area contributed by atoms with Gasteiger partial charge in [-0.2, -0.15) is 0 Å². The van der Waals surface area contributed by atoms with Crippen LogP contribution in [0.3, 0.4) is 0 Å². The van der Waals surface area contributed by atoms with Gasteiger partial charge in [0.2, 0.25) is 0 Å². The average molecular weight is 420 g/mol. The minimum atomic E-state index is 1.21. The molecule has 2 nitrogen and oxygen atoms in total. The highest BCUT2D eigenvalue weighted by molar-refractivity contribution is 4.82. The standard InChI is InChI=1S/C28H55N2/c1-4-6-8-10-12-14-15-17-19-21-23-25-30-27-26-29(3)28(30)24-22-20-18-16-13-11-9-7-5-2/h26-27H,4-25H2,1-3H3/q+1. The maximum Gasteiger partial charge on any atom is 0.256 e. The number of hydrogen-bond acceptors (Lipinski definition) is 0. The van der Waals surface area contributed by atoms with Crippen LogP contribution in [0.15, 0.2) is 12.4 Å². The van der Waals surface area contributed by atoms with Gasteiger partial charge < -0.3 is 0 Å². The molecule has 0 atom stereocenters. The van der Waals surface area contributed by atoms with Gasteiger partial charge in [-0.1, -0.05) is 123 Å². The molecule has 0 radical (unpaired) electrons. The highest BCUT2D eigenvalue weighted by atomic mass is 15.1. The lowest BCUT2D eigenvalue weighted by Crippen LogP contribution is -2.37. The van der Waals surface area contributed by atoms with Gasteiger partial charge in [0.05, 0.1) is 13.6 Å². The predicted molar refractivity (Wildman–Crippen MR) is 133 cm³/mol. The average Bonchev–Trinajstić information content (AvgIpc) is 3.10. The Bertz CT molecular complexity index is 477. The number of aromatic nitrogens is 2. The molecule has 0 aliphatic rings. The molecule has 1 aromatic heterocycles. The quantitative estimate of drug-likeness (QED) is 0.131. The fraction of sp³-hybridized carbons (Fsp3) is 0.893. The van der Waals surface area contributed by atoms with E-state index in [1.165, 1.54) is 147 Å². The number of rotatable bonds is 22. The highest BCUT2D eigenvalue weighted by Gasteiger charge is 2.13. The van der Waals surface area contributed by atoms with E-state index in [9.17, 15) is 0 Å². The molecule has 1 heterocycles. The summed E-state index contributed by atoms with van der Waals surface area (Å²) >= 11 is 0. The fourth-order valence-electron chi connectivity index (χ4n) is 4.62. The van der Waals surface area contributed by atoms with Crippen molar-refractivity contribution in [3.8, 4) is 0 Å². The smallest absolute Gasteiger partial charge is 0.237 e. The van der Waals surface area contributed by atoms with Gasteiger partial charge in [0.1, 0.15) is 12.4 Å². The molecule has 0 amide bonds. The Morgan fingerprint density at radius 3 is 1.43 bits per heavy atom. The molecule has 1 rings (SSSR count). The molecule has 0 saturated heterocycles. The summed E-state index contributed by atoms with van der Waals surface area (Å²) in [6.45, 7) is 5.81. The van der Waals surface area contributed by atoms with E-state index < -0.39 is 0 Å². The van der Waals surface area contributed by atoms with Gasteiger partial charge in [0.25, 0.3) is 5.82 Å². The van der Waals surface area contributed by atoms with Crippen molar-refractivity contribution < 1.29 is 4.57 Å². The molecular formula is C28H55N2+. The van der Waals surface area contributed by atoms with Crippen LogP contribution in [-0.4, -0.2) is 4.57 Å². The van der Waals surface area contributed by atoms with Crippen molar-refractivity contribution in [1.82, 2.24) is 4.57 Å². The SMILES string of the molecule is CCCCCCCCCCCCC[n+]1ccn(C)c1CCCCCCCCCCC. The summed E-state index contributed by atoms with van der Waals surface area (Å²) in [6, 6.07) is 0. The molecule has 2 heteroatoms. The van der Waals surface area contributed by atoms with Crippen LogP contribution in [0.5, 0.6) is 0 Å². The minimum absolute atomic E-state index is 1.21. The Morgan fingerprint density at radius 1 is 0.567 bits per heavy atom. The fourth-order valence-corrected chi connectivity index (χ4v) is 4.62. The monoisotopic (exact) mass is 419 g/mol. The van der Waals surface area contributed by atoms with Crippen molar-refractivity contribution in [2.45, 2.75) is 155 Å². The van der Waals surface area contributed by atoms with E-state index in [2.05, 4.69) is 42.4 Å². The van der Waals surface area contributed by atoms with E-state index in [-0.39, 0.29) is 0 Å². The van der Waals surface area contributed by atoms with Gasteiger partial charge in [0, 0.05) is 6.42 Å². The molecule has 0 aliphatic heterocycles. The summed E-state index contributed by atoms with van der Waals surface area (Å²) in [4.78, 5) is 0. The third kappa shape index (κ3) is 14.3. The third-order valence-corrected chi connectivity index (χ3v) is 6.72.